The Morgan fingerprint density at radius 2 is 1.59 bits per heavy atom. The van der Waals surface area contributed by atoms with Crippen LogP contribution in [0, 0.1) is 5.41 Å². The van der Waals surface area contributed by atoms with Crippen molar-refractivity contribution in [2.24, 2.45) is 5.73 Å². The molecular formula is C19H22N6O4. The number of benzene rings is 2. The Kier molecular flexibility index (Phi) is 7.13. The number of hydrogen-bond donors (Lipinski definition) is 7. The summed E-state index contributed by atoms with van der Waals surface area (Å²) in [5.41, 5.74) is 7.55. The third-order valence-corrected chi connectivity index (χ3v) is 3.73. The van der Waals surface area contributed by atoms with Gasteiger partial charge in [-0.05, 0) is 35.9 Å². The van der Waals surface area contributed by atoms with Crippen molar-refractivity contribution in [3.8, 4) is 0 Å². The summed E-state index contributed by atoms with van der Waals surface area (Å²) < 4.78 is 0. The Hall–Kier alpha value is -4.08. The number of carboxylic acids is 1. The van der Waals surface area contributed by atoms with Gasteiger partial charge in [-0.3, -0.25) is 10.2 Å². The van der Waals surface area contributed by atoms with Crippen LogP contribution in [-0.2, 0) is 16.0 Å². The van der Waals surface area contributed by atoms with Crippen molar-refractivity contribution in [3.05, 3.63) is 54.1 Å². The summed E-state index contributed by atoms with van der Waals surface area (Å²) in [4.78, 5) is 34.5. The van der Waals surface area contributed by atoms with E-state index >= 15 is 0 Å². The maximum atomic E-state index is 12.2. The van der Waals surface area contributed by atoms with E-state index in [0.29, 0.717) is 22.6 Å². The lowest BCUT2D eigenvalue weighted by Gasteiger charge is -2.14. The van der Waals surface area contributed by atoms with Crippen molar-refractivity contribution in [3.63, 3.8) is 0 Å². The molecule has 0 bridgehead atoms. The van der Waals surface area contributed by atoms with E-state index in [1.807, 2.05) is 0 Å². The van der Waals surface area contributed by atoms with Crippen molar-refractivity contribution < 1.29 is 19.5 Å². The van der Waals surface area contributed by atoms with Crippen LogP contribution in [0.3, 0.4) is 0 Å². The van der Waals surface area contributed by atoms with Gasteiger partial charge in [-0.15, -0.1) is 0 Å². The molecule has 29 heavy (non-hydrogen) atoms. The average Bonchev–Trinajstić information content (AvgIpc) is 2.62. The molecule has 0 radical (unpaired) electrons. The van der Waals surface area contributed by atoms with Crippen molar-refractivity contribution >= 4 is 40.9 Å². The number of amides is 3. The number of rotatable bonds is 7. The summed E-state index contributed by atoms with van der Waals surface area (Å²) in [6.45, 7) is 1.26. The van der Waals surface area contributed by atoms with Gasteiger partial charge in [0, 0.05) is 30.4 Å². The number of nitrogens with two attached hydrogens (primary N) is 1. The summed E-state index contributed by atoms with van der Waals surface area (Å²) in [5.74, 6) is -1.76. The molecule has 152 valence electrons. The second kappa shape index (κ2) is 9.74. The zero-order valence-corrected chi connectivity index (χ0v) is 15.7. The minimum atomic E-state index is -1.12. The Bertz CT molecular complexity index is 913. The lowest BCUT2D eigenvalue weighted by molar-refractivity contribution is -0.141. The summed E-state index contributed by atoms with van der Waals surface area (Å²) in [7, 11) is 0. The Morgan fingerprint density at radius 3 is 2.14 bits per heavy atom. The molecular weight excluding hydrogens is 376 g/mol. The highest BCUT2D eigenvalue weighted by Gasteiger charge is 2.18. The van der Waals surface area contributed by atoms with Crippen molar-refractivity contribution in [1.82, 2.24) is 5.32 Å². The third kappa shape index (κ3) is 7.21. The molecule has 0 fully saturated rings. The van der Waals surface area contributed by atoms with Gasteiger partial charge in [0.1, 0.15) is 6.04 Å². The molecule has 0 saturated heterocycles. The molecule has 1 unspecified atom stereocenters. The molecule has 0 spiro atoms. The van der Waals surface area contributed by atoms with Crippen LogP contribution in [0.1, 0.15) is 12.5 Å². The second-order valence-corrected chi connectivity index (χ2v) is 6.19. The highest BCUT2D eigenvalue weighted by atomic mass is 16.4. The van der Waals surface area contributed by atoms with Gasteiger partial charge < -0.3 is 32.1 Å². The zero-order valence-electron chi connectivity index (χ0n) is 15.7. The summed E-state index contributed by atoms with van der Waals surface area (Å²) in [6, 6.07) is 11.8. The van der Waals surface area contributed by atoms with Gasteiger partial charge in [-0.2, -0.15) is 0 Å². The van der Waals surface area contributed by atoms with E-state index in [9.17, 15) is 14.4 Å². The Morgan fingerprint density at radius 1 is 1.00 bits per heavy atom. The quantitative estimate of drug-likeness (QED) is 0.277. The summed E-state index contributed by atoms with van der Waals surface area (Å²) >= 11 is 0. The number of anilines is 3. The Labute approximate surface area is 167 Å². The number of guanidine groups is 1. The van der Waals surface area contributed by atoms with E-state index < -0.39 is 23.9 Å². The lowest BCUT2D eigenvalue weighted by Crippen LogP contribution is -2.41. The summed E-state index contributed by atoms with van der Waals surface area (Å²) in [5, 5.41) is 26.7. The van der Waals surface area contributed by atoms with Crippen LogP contribution < -0.4 is 27.0 Å². The van der Waals surface area contributed by atoms with Crippen LogP contribution in [0.15, 0.2) is 48.5 Å². The minimum absolute atomic E-state index is 0.122. The van der Waals surface area contributed by atoms with Gasteiger partial charge in [-0.25, -0.2) is 9.59 Å². The van der Waals surface area contributed by atoms with E-state index in [0.717, 1.165) is 0 Å². The average molecular weight is 398 g/mol. The number of nitrogens with one attached hydrogen (secondary N) is 5. The standard InChI is InChI=1S/C19H22N6O4/c1-11(26)22-16(17(27)28)9-12-5-7-13(8-6-12)24-19(29)25-15-4-2-3-14(10-15)23-18(20)21/h2-8,10,16H,9H2,1H3,(H,22,26)(H,27,28)(H4,20,21,23)(H2,24,25,29). The first-order valence-electron chi connectivity index (χ1n) is 8.61. The maximum absolute atomic E-state index is 12.2. The van der Waals surface area contributed by atoms with Crippen LogP contribution in [0.5, 0.6) is 0 Å². The molecule has 8 N–H and O–H groups in total. The molecule has 10 heteroatoms. The predicted octanol–water partition coefficient (Wildman–Crippen LogP) is 1.77. The minimum Gasteiger partial charge on any atom is -0.480 e. The summed E-state index contributed by atoms with van der Waals surface area (Å²) in [6.07, 6.45) is 0.122. The molecule has 2 aromatic rings. The normalized spacial score (nSPS) is 11.1. The zero-order chi connectivity index (χ0) is 21.4. The first-order valence-corrected chi connectivity index (χ1v) is 8.61. The van der Waals surface area contributed by atoms with E-state index in [4.69, 9.17) is 16.2 Å². The number of carbonyl (C=O) groups is 3. The number of carboxylic acid groups (broad SMARTS) is 1. The molecule has 2 aromatic carbocycles. The molecule has 2 rings (SSSR count). The number of aliphatic carboxylic acids is 1. The molecule has 0 saturated carbocycles. The molecule has 0 aliphatic carbocycles. The highest BCUT2D eigenvalue weighted by Crippen LogP contribution is 2.16. The third-order valence-electron chi connectivity index (χ3n) is 3.73. The van der Waals surface area contributed by atoms with E-state index in [-0.39, 0.29) is 12.4 Å². The van der Waals surface area contributed by atoms with Crippen LogP contribution >= 0.6 is 0 Å². The van der Waals surface area contributed by atoms with Gasteiger partial charge in [0.2, 0.25) is 5.91 Å². The molecule has 0 aliphatic heterocycles. The monoisotopic (exact) mass is 398 g/mol. The fraction of sp³-hybridized carbons (Fsp3) is 0.158. The van der Waals surface area contributed by atoms with Crippen molar-refractivity contribution in [1.29, 1.82) is 5.41 Å². The van der Waals surface area contributed by atoms with Crippen LogP contribution in [0.2, 0.25) is 0 Å². The van der Waals surface area contributed by atoms with E-state index in [1.54, 1.807) is 48.5 Å². The maximum Gasteiger partial charge on any atom is 0.326 e. The van der Waals surface area contributed by atoms with Crippen LogP contribution in [-0.4, -0.2) is 35.0 Å². The van der Waals surface area contributed by atoms with Crippen molar-refractivity contribution in [2.45, 2.75) is 19.4 Å². The number of carbonyl (C=O) groups excluding carboxylic acids is 2. The van der Waals surface area contributed by atoms with Gasteiger partial charge in [0.05, 0.1) is 0 Å². The fourth-order valence-corrected chi connectivity index (χ4v) is 2.53. The first kappa shape index (κ1) is 21.2. The molecule has 0 aliphatic rings. The van der Waals surface area contributed by atoms with Crippen LogP contribution in [0.25, 0.3) is 0 Å². The lowest BCUT2D eigenvalue weighted by atomic mass is 10.1. The highest BCUT2D eigenvalue weighted by molar-refractivity contribution is 6.00. The second-order valence-electron chi connectivity index (χ2n) is 6.19. The fourth-order valence-electron chi connectivity index (χ4n) is 2.53. The van der Waals surface area contributed by atoms with Gasteiger partial charge >= 0.3 is 12.0 Å². The van der Waals surface area contributed by atoms with Gasteiger partial charge in [0.15, 0.2) is 5.96 Å². The van der Waals surface area contributed by atoms with Crippen LogP contribution in [0.4, 0.5) is 21.9 Å². The first-order chi connectivity index (χ1) is 13.7. The van der Waals surface area contributed by atoms with Gasteiger partial charge in [0.25, 0.3) is 0 Å². The van der Waals surface area contributed by atoms with E-state index in [2.05, 4.69) is 21.3 Å². The Balaban J connectivity index is 1.95. The molecule has 3 amide bonds. The van der Waals surface area contributed by atoms with Crippen molar-refractivity contribution in [2.75, 3.05) is 16.0 Å². The molecule has 1 atom stereocenters. The smallest absolute Gasteiger partial charge is 0.326 e. The SMILES string of the molecule is CC(=O)NC(Cc1ccc(NC(=O)Nc2cccc(NC(=N)N)c2)cc1)C(=O)O. The molecule has 0 aromatic heterocycles. The largest absolute Gasteiger partial charge is 0.480 e. The van der Waals surface area contributed by atoms with E-state index in [1.165, 1.54) is 6.92 Å². The number of urea groups is 1. The number of hydrogen-bond acceptors (Lipinski definition) is 4. The van der Waals surface area contributed by atoms with Gasteiger partial charge in [-0.1, -0.05) is 18.2 Å². The molecule has 10 nitrogen and oxygen atoms in total. The molecule has 0 heterocycles. The predicted molar refractivity (Wildman–Crippen MR) is 110 cm³/mol. The topological polar surface area (TPSA) is 169 Å².